The largest absolute Gasteiger partial charge is 0.383 e. The molecule has 0 spiro atoms. The molecule has 126 valence electrons. The van der Waals surface area contributed by atoms with E-state index in [0.29, 0.717) is 29.3 Å². The molecule has 2 aromatic rings. The first-order valence-electron chi connectivity index (χ1n) is 7.79. The Morgan fingerprint density at radius 1 is 1.21 bits per heavy atom. The normalized spacial score (nSPS) is 14.3. The lowest BCUT2D eigenvalue weighted by atomic mass is 9.86. The number of nitrogens with two attached hydrogens (primary N) is 2. The minimum absolute atomic E-state index is 0.0106. The van der Waals surface area contributed by atoms with Crippen LogP contribution < -0.4 is 11.5 Å². The first-order chi connectivity index (χ1) is 11.5. The summed E-state index contributed by atoms with van der Waals surface area (Å²) in [6.45, 7) is 0.962. The van der Waals surface area contributed by atoms with Crippen molar-refractivity contribution in [3.05, 3.63) is 40.1 Å². The van der Waals surface area contributed by atoms with Crippen molar-refractivity contribution in [3.63, 3.8) is 0 Å². The molecule has 1 fully saturated rings. The van der Waals surface area contributed by atoms with Crippen LogP contribution in [0.5, 0.6) is 0 Å². The van der Waals surface area contributed by atoms with Gasteiger partial charge < -0.3 is 16.2 Å². The number of nitrogens with zero attached hydrogens (tertiary/aromatic N) is 3. The van der Waals surface area contributed by atoms with Gasteiger partial charge in [-0.2, -0.15) is 4.98 Å². The number of benzene rings is 1. The summed E-state index contributed by atoms with van der Waals surface area (Å²) < 4.78 is 5.75. The van der Waals surface area contributed by atoms with Crippen LogP contribution in [-0.2, 0) is 11.3 Å². The van der Waals surface area contributed by atoms with Gasteiger partial charge in [-0.25, -0.2) is 4.98 Å². The summed E-state index contributed by atoms with van der Waals surface area (Å²) in [4.78, 5) is 18.6. The maximum atomic E-state index is 10.8. The van der Waals surface area contributed by atoms with Crippen LogP contribution in [0.3, 0.4) is 0 Å². The Morgan fingerprint density at radius 2 is 1.92 bits per heavy atom. The average Bonchev–Trinajstić information content (AvgIpc) is 2.49. The first kappa shape index (κ1) is 16.1. The molecule has 8 nitrogen and oxygen atoms in total. The van der Waals surface area contributed by atoms with Crippen LogP contribution in [0.2, 0.25) is 0 Å². The summed E-state index contributed by atoms with van der Waals surface area (Å²) in [5.74, 6) is 0.934. The lowest BCUT2D eigenvalue weighted by Gasteiger charge is -2.25. The van der Waals surface area contributed by atoms with Crippen molar-refractivity contribution in [1.82, 2.24) is 9.97 Å². The second kappa shape index (κ2) is 6.79. The number of ether oxygens (including phenoxy) is 1. The number of anilines is 2. The fourth-order valence-corrected chi connectivity index (χ4v) is 2.70. The smallest absolute Gasteiger partial charge is 0.269 e. The molecule has 0 atom stereocenters. The second-order valence-electron chi connectivity index (χ2n) is 5.90. The van der Waals surface area contributed by atoms with Crippen molar-refractivity contribution in [2.75, 3.05) is 18.1 Å². The third-order valence-electron chi connectivity index (χ3n) is 4.21. The van der Waals surface area contributed by atoms with Crippen molar-refractivity contribution in [1.29, 1.82) is 0 Å². The van der Waals surface area contributed by atoms with Crippen LogP contribution in [-0.4, -0.2) is 21.5 Å². The standard InChI is InChI=1S/C16H19N5O3/c17-15-14(11-4-6-12(7-5-11)21(22)23)13(19-16(18)20-15)9-24-8-10-2-1-3-10/h4-7,10H,1-3,8-9H2,(H4,17,18,19,20). The number of aromatic nitrogens is 2. The predicted molar refractivity (Wildman–Crippen MR) is 89.9 cm³/mol. The number of nitro benzene ring substituents is 1. The summed E-state index contributed by atoms with van der Waals surface area (Å²) in [6, 6.07) is 6.09. The van der Waals surface area contributed by atoms with Gasteiger partial charge in [-0.1, -0.05) is 6.42 Å². The minimum Gasteiger partial charge on any atom is -0.383 e. The molecule has 24 heavy (non-hydrogen) atoms. The number of rotatable bonds is 6. The van der Waals surface area contributed by atoms with Gasteiger partial charge >= 0.3 is 0 Å². The van der Waals surface area contributed by atoms with Crippen LogP contribution in [0.4, 0.5) is 17.5 Å². The number of hydrogen-bond acceptors (Lipinski definition) is 7. The Kier molecular flexibility index (Phi) is 4.57. The molecule has 0 aliphatic heterocycles. The Morgan fingerprint density at radius 3 is 2.50 bits per heavy atom. The van der Waals surface area contributed by atoms with Gasteiger partial charge in [-0.05, 0) is 36.5 Å². The Balaban J connectivity index is 1.85. The van der Waals surface area contributed by atoms with Gasteiger partial charge in [-0.3, -0.25) is 10.1 Å². The predicted octanol–water partition coefficient (Wildman–Crippen LogP) is 2.53. The summed E-state index contributed by atoms with van der Waals surface area (Å²) in [6.07, 6.45) is 3.65. The molecular formula is C16H19N5O3. The molecule has 1 aliphatic carbocycles. The fraction of sp³-hybridized carbons (Fsp3) is 0.375. The zero-order valence-electron chi connectivity index (χ0n) is 13.1. The van der Waals surface area contributed by atoms with E-state index >= 15 is 0 Å². The molecule has 1 saturated carbocycles. The molecule has 0 radical (unpaired) electrons. The highest BCUT2D eigenvalue weighted by atomic mass is 16.6. The van der Waals surface area contributed by atoms with Crippen molar-refractivity contribution in [3.8, 4) is 11.1 Å². The molecule has 0 unspecified atom stereocenters. The first-order valence-corrected chi connectivity index (χ1v) is 7.79. The molecule has 8 heteroatoms. The van der Waals surface area contributed by atoms with Gasteiger partial charge in [0.15, 0.2) is 0 Å². The number of non-ortho nitro benzene ring substituents is 1. The van der Waals surface area contributed by atoms with E-state index in [-0.39, 0.29) is 24.1 Å². The highest BCUT2D eigenvalue weighted by molar-refractivity contribution is 5.77. The number of nitrogen functional groups attached to an aromatic ring is 2. The van der Waals surface area contributed by atoms with E-state index in [4.69, 9.17) is 16.2 Å². The Hall–Kier alpha value is -2.74. The van der Waals surface area contributed by atoms with Crippen LogP contribution in [0.1, 0.15) is 25.0 Å². The van der Waals surface area contributed by atoms with E-state index < -0.39 is 4.92 Å². The lowest BCUT2D eigenvalue weighted by Crippen LogP contribution is -2.18. The summed E-state index contributed by atoms with van der Waals surface area (Å²) in [5.41, 5.74) is 13.6. The van der Waals surface area contributed by atoms with Crippen LogP contribution in [0.25, 0.3) is 11.1 Å². The van der Waals surface area contributed by atoms with Crippen molar-refractivity contribution in [2.45, 2.75) is 25.9 Å². The van der Waals surface area contributed by atoms with Crippen LogP contribution in [0, 0.1) is 16.0 Å². The third kappa shape index (κ3) is 3.43. The maximum absolute atomic E-state index is 10.8. The number of hydrogen-bond donors (Lipinski definition) is 2. The molecule has 4 N–H and O–H groups in total. The van der Waals surface area contributed by atoms with E-state index in [1.165, 1.54) is 31.4 Å². The third-order valence-corrected chi connectivity index (χ3v) is 4.21. The molecule has 1 aromatic heterocycles. The fourth-order valence-electron chi connectivity index (χ4n) is 2.70. The Bertz CT molecular complexity index is 744. The van der Waals surface area contributed by atoms with Crippen molar-refractivity contribution < 1.29 is 9.66 Å². The number of nitro groups is 1. The van der Waals surface area contributed by atoms with Crippen molar-refractivity contribution >= 4 is 17.5 Å². The molecule has 1 aromatic carbocycles. The minimum atomic E-state index is -0.449. The van der Waals surface area contributed by atoms with Crippen LogP contribution >= 0.6 is 0 Å². The highest BCUT2D eigenvalue weighted by Gasteiger charge is 2.19. The SMILES string of the molecule is Nc1nc(N)c(-c2ccc([N+](=O)[O-])cc2)c(COCC2CCC2)n1. The van der Waals surface area contributed by atoms with E-state index in [2.05, 4.69) is 9.97 Å². The van der Waals surface area contributed by atoms with Gasteiger partial charge in [0.25, 0.3) is 5.69 Å². The molecule has 0 bridgehead atoms. The van der Waals surface area contributed by atoms with Gasteiger partial charge in [0.05, 0.1) is 17.2 Å². The molecule has 1 heterocycles. The van der Waals surface area contributed by atoms with Crippen molar-refractivity contribution in [2.24, 2.45) is 5.92 Å². The van der Waals surface area contributed by atoms with E-state index in [0.717, 1.165) is 0 Å². The van der Waals surface area contributed by atoms with E-state index in [1.54, 1.807) is 12.1 Å². The van der Waals surface area contributed by atoms with Crippen LogP contribution in [0.15, 0.2) is 24.3 Å². The average molecular weight is 329 g/mol. The topological polar surface area (TPSA) is 130 Å². The maximum Gasteiger partial charge on any atom is 0.269 e. The van der Waals surface area contributed by atoms with Gasteiger partial charge in [0.1, 0.15) is 5.82 Å². The van der Waals surface area contributed by atoms with E-state index in [9.17, 15) is 10.1 Å². The molecular weight excluding hydrogens is 310 g/mol. The Labute approximate surface area is 139 Å². The molecule has 0 amide bonds. The molecule has 0 saturated heterocycles. The zero-order chi connectivity index (χ0) is 17.1. The highest BCUT2D eigenvalue weighted by Crippen LogP contribution is 2.31. The van der Waals surface area contributed by atoms with E-state index in [1.807, 2.05) is 0 Å². The second-order valence-corrected chi connectivity index (χ2v) is 5.90. The summed E-state index contributed by atoms with van der Waals surface area (Å²) in [5, 5.41) is 10.8. The quantitative estimate of drug-likeness (QED) is 0.615. The summed E-state index contributed by atoms with van der Waals surface area (Å²) >= 11 is 0. The molecule has 3 rings (SSSR count). The van der Waals surface area contributed by atoms with Gasteiger partial charge in [-0.15, -0.1) is 0 Å². The summed E-state index contributed by atoms with van der Waals surface area (Å²) in [7, 11) is 0. The zero-order valence-corrected chi connectivity index (χ0v) is 13.1. The van der Waals surface area contributed by atoms with Gasteiger partial charge in [0, 0.05) is 24.3 Å². The lowest BCUT2D eigenvalue weighted by molar-refractivity contribution is -0.384. The molecule has 1 aliphatic rings. The monoisotopic (exact) mass is 329 g/mol. The van der Waals surface area contributed by atoms with Gasteiger partial charge in [0.2, 0.25) is 5.95 Å².